The standard InChI is InChI=1S/C29H32N4O5S.C27H27N3O6S.C25H25N3O5S.C24H21F2N3O4S.H2O.H2/c1-33-17-3-4-22(33)13-16-30-39(35,36)23-10-7-20(8-11-23)24-5-2-6-27(31-24)32-28(34)29(14-15-29)21-9-12-25-26(18-21)38-19-37-25;31-20-3-2-14-30(16-20)37(33,34)21-9-6-18(7-10-21)22-4-1-5-25(28-22)29-26(32)27(12-13-27)19-8-11-23-24(15-19)36-17-35-23;1-15-16(2)23(27-13-20(15)17-4-7-19(8-5-17)34(30,31)26-3)28-24(29)25(10-11-25)18-6-9-21-22(12-18)33-14-32-21;1-34(31)27-14-15-5-7-16(8-6-15)18-3-2-4-21(28-18)29-22(30)23(11-12-23)17-9-10-19-20(13-17)33-24(25,26)32-19;;/h2,5-12,18,22,30H,3-4,13-17,19H2,1H3,(H,31,32,34);1,4-11,15,20,31H,2-3,12-14,16-17H2,(H,28,29,32);4-9,12-13,26H,10-11,14H2,1-3H3,(H,27,28,29);2-10,13,27H,11-12,14H2,1H3,(H,28,29,30);1H2;1H. The molecule has 758 valence electrons. The van der Waals surface area contributed by atoms with Crippen LogP contribution in [0.4, 0.5) is 32.1 Å². The molecule has 34 nitrogen and oxygen atoms in total. The number of hydrogen-bond acceptors (Lipinski definition) is 25. The summed E-state index contributed by atoms with van der Waals surface area (Å²) >= 11 is 0. The molecule has 2 saturated heterocycles. The van der Waals surface area contributed by atoms with Crippen LogP contribution in [0.15, 0.2) is 245 Å². The summed E-state index contributed by atoms with van der Waals surface area (Å²) in [6, 6.07) is 65.4. The van der Waals surface area contributed by atoms with Crippen LogP contribution in [0, 0.1) is 13.8 Å². The van der Waals surface area contributed by atoms with E-state index in [1.54, 1.807) is 122 Å². The molecule has 10 N–H and O–H groups in total. The number of nitrogens with one attached hydrogen (secondary N) is 7. The van der Waals surface area contributed by atoms with E-state index in [0.717, 1.165) is 126 Å². The van der Waals surface area contributed by atoms with Gasteiger partial charge in [-0.05, 0) is 284 Å². The number of pyridine rings is 4. The summed E-state index contributed by atoms with van der Waals surface area (Å²) in [6.07, 6.45) is 8.94. The van der Waals surface area contributed by atoms with Crippen LogP contribution >= 0.6 is 0 Å². The molecule has 145 heavy (non-hydrogen) atoms. The molecule has 0 bridgehead atoms. The number of benzene rings is 8. The zero-order valence-electron chi connectivity index (χ0n) is 79.7. The van der Waals surface area contributed by atoms with Crippen LogP contribution in [-0.4, -0.2) is 178 Å². The van der Waals surface area contributed by atoms with E-state index >= 15 is 0 Å². The first-order valence-corrected chi connectivity index (χ1v) is 53.2. The van der Waals surface area contributed by atoms with Crippen LogP contribution in [-0.2, 0) is 88.4 Å². The van der Waals surface area contributed by atoms with Gasteiger partial charge in [-0.2, -0.15) is 4.31 Å². The molecule has 10 heterocycles. The first-order valence-electron chi connectivity index (χ1n) is 47.2. The number of aromatic nitrogens is 4. The number of ether oxygens (including phenoxy) is 8. The number of sulfonamides is 3. The van der Waals surface area contributed by atoms with Gasteiger partial charge in [0.15, 0.2) is 46.0 Å². The van der Waals surface area contributed by atoms with Crippen molar-refractivity contribution in [2.24, 2.45) is 0 Å². The minimum atomic E-state index is -3.70. The lowest BCUT2D eigenvalue weighted by Crippen LogP contribution is -2.42. The minimum Gasteiger partial charge on any atom is -0.454 e. The molecular weight excluding hydrogens is 1950 g/mol. The number of piperidine rings is 1. The van der Waals surface area contributed by atoms with Gasteiger partial charge in [0, 0.05) is 68.4 Å². The lowest BCUT2D eigenvalue weighted by atomic mass is 9.94. The van der Waals surface area contributed by atoms with E-state index in [-0.39, 0.29) is 83.6 Å². The fraction of sp³-hybridized carbons (Fsp3) is 0.314. The number of likely N-dealkylation sites (tertiary alicyclic amines) is 1. The van der Waals surface area contributed by atoms with E-state index in [1.165, 1.54) is 23.5 Å². The van der Waals surface area contributed by atoms with Crippen molar-refractivity contribution in [1.82, 2.24) is 43.3 Å². The highest BCUT2D eigenvalue weighted by atomic mass is 32.2. The SMILES string of the molecule is CN1CCCC1CCNS(=O)(=O)c1ccc(-c2cccc(NC(=O)C3(c4ccc5c(c4)OCO5)CC3)n2)cc1.CNS(=O)(=O)c1ccc(-c2cnc(NC(=O)C3(c4ccc5c(c4)OCO5)CC3)c(C)c2C)cc1.CS(=O)NCc1ccc(-c2cccc(NC(=O)C3(c4ccc5c(c4)OC(F)(F)O5)CC3)n2)cc1.O.O=C(Nc1cccc(-c2ccc(S(=O)(=O)N3CCCC(O)C3)cc2)n1)C1(c2ccc3c(c2)OCO3)CC1.[HH]. The molecule has 40 heteroatoms. The van der Waals surface area contributed by atoms with Gasteiger partial charge in [0.2, 0.25) is 74.1 Å². The molecule has 4 aliphatic carbocycles. The lowest BCUT2D eigenvalue weighted by molar-refractivity contribution is -0.286. The largest absolute Gasteiger partial charge is 0.586 e. The number of halogens is 2. The number of carbonyl (C=O) groups is 4. The number of β-amino-alcohol motifs (C(OH)–C–C–N with tert-alkyl or cyclic N) is 1. The fourth-order valence-corrected chi connectivity index (χ4v) is 22.2. The summed E-state index contributed by atoms with van der Waals surface area (Å²) in [5, 5.41) is 21.7. The van der Waals surface area contributed by atoms with Gasteiger partial charge < -0.3 is 74.6 Å². The molecule has 4 saturated carbocycles. The molecule has 6 fully saturated rings. The maximum absolute atomic E-state index is 13.3. The van der Waals surface area contributed by atoms with Crippen LogP contribution in [0.25, 0.3) is 44.9 Å². The van der Waals surface area contributed by atoms with E-state index in [9.17, 15) is 62.5 Å². The normalized spacial score (nSPS) is 18.3. The zero-order chi connectivity index (χ0) is 101. The van der Waals surface area contributed by atoms with Crippen LogP contribution in [0.5, 0.6) is 46.0 Å². The highest BCUT2D eigenvalue weighted by Crippen LogP contribution is 2.56. The van der Waals surface area contributed by atoms with Crippen molar-refractivity contribution in [3.8, 4) is 90.9 Å². The highest BCUT2D eigenvalue weighted by Gasteiger charge is 2.56. The monoisotopic (exact) mass is 2050 g/mol. The topological polar surface area (TPSA) is 456 Å². The maximum Gasteiger partial charge on any atom is 0.586 e. The number of alkyl halides is 2. The van der Waals surface area contributed by atoms with E-state index in [1.807, 2.05) is 117 Å². The molecular formula is C105H109F2N13O21S4. The second kappa shape index (κ2) is 41.4. The van der Waals surface area contributed by atoms with Gasteiger partial charge in [-0.3, -0.25) is 19.2 Å². The Morgan fingerprint density at radius 3 is 1.29 bits per heavy atom. The lowest BCUT2D eigenvalue weighted by Gasteiger charge is -2.29. The number of carbonyl (C=O) groups excluding carboxylic acids is 4. The molecule has 12 aromatic rings. The average Bonchev–Trinajstić information content (AvgIpc) is 1.61. The Labute approximate surface area is 840 Å². The van der Waals surface area contributed by atoms with Crippen molar-refractivity contribution in [2.45, 2.75) is 159 Å². The number of amides is 4. The molecule has 22 rings (SSSR count). The van der Waals surface area contributed by atoms with Crippen LogP contribution in [0.2, 0.25) is 0 Å². The highest BCUT2D eigenvalue weighted by molar-refractivity contribution is 7.90. The maximum atomic E-state index is 13.3. The number of aliphatic hydroxyl groups excluding tert-OH is 1. The molecule has 0 spiro atoms. The predicted octanol–water partition coefficient (Wildman–Crippen LogP) is 14.4. The number of anilines is 4. The fourth-order valence-electron chi connectivity index (χ4n) is 18.6. The summed E-state index contributed by atoms with van der Waals surface area (Å²) in [7, 11) is -8.39. The van der Waals surface area contributed by atoms with Gasteiger partial charge in [-0.15, -0.1) is 8.78 Å². The molecule has 8 aromatic carbocycles. The quantitative estimate of drug-likeness (QED) is 0.0226. The van der Waals surface area contributed by atoms with Crippen molar-refractivity contribution >= 4 is 88.0 Å². The minimum absolute atomic E-state index is 0. The molecule has 6 aliphatic heterocycles. The van der Waals surface area contributed by atoms with Gasteiger partial charge in [0.1, 0.15) is 23.3 Å². The first kappa shape index (κ1) is 101. The number of nitrogens with zero attached hydrogens (tertiary/aromatic N) is 6. The molecule has 10 aliphatic rings. The molecule has 4 amide bonds. The van der Waals surface area contributed by atoms with Crippen LogP contribution < -0.4 is 73.3 Å². The van der Waals surface area contributed by atoms with E-state index in [0.29, 0.717) is 132 Å². The van der Waals surface area contributed by atoms with Gasteiger partial charge in [-0.25, -0.2) is 63.6 Å². The van der Waals surface area contributed by atoms with Crippen molar-refractivity contribution in [3.63, 3.8) is 0 Å². The Kier molecular flexibility index (Phi) is 28.9. The van der Waals surface area contributed by atoms with Gasteiger partial charge >= 0.3 is 6.29 Å². The number of aliphatic hydroxyl groups is 1. The Morgan fingerprint density at radius 1 is 0.476 bits per heavy atom. The average molecular weight is 2060 g/mol. The van der Waals surface area contributed by atoms with E-state index in [2.05, 4.69) is 76.8 Å². The molecule has 0 radical (unpaired) electrons. The van der Waals surface area contributed by atoms with E-state index < -0.39 is 75.1 Å². The summed E-state index contributed by atoms with van der Waals surface area (Å²) in [5.74, 6) is 5.13. The molecule has 4 aromatic heterocycles. The second-order valence-electron chi connectivity index (χ2n) is 37.0. The molecule has 3 unspecified atom stereocenters. The van der Waals surface area contributed by atoms with Gasteiger partial charge in [0.25, 0.3) is 0 Å². The van der Waals surface area contributed by atoms with Crippen molar-refractivity contribution in [3.05, 3.63) is 270 Å². The van der Waals surface area contributed by atoms with Crippen molar-refractivity contribution in [2.75, 3.05) is 88.2 Å². The van der Waals surface area contributed by atoms with E-state index in [4.69, 9.17) is 28.4 Å². The summed E-state index contributed by atoms with van der Waals surface area (Å²) < 4.78 is 164. The Bertz CT molecular complexity index is 7360. The smallest absolute Gasteiger partial charge is 0.454 e. The third-order valence-corrected chi connectivity index (χ3v) is 33.2. The second-order valence-corrected chi connectivity index (χ2v) is 43.8. The van der Waals surface area contributed by atoms with Crippen LogP contribution in [0.3, 0.4) is 0 Å². The predicted molar refractivity (Wildman–Crippen MR) is 539 cm³/mol. The number of rotatable bonds is 28. The zero-order valence-corrected chi connectivity index (χ0v) is 83.0. The Balaban J connectivity index is 0.000000133. The molecule has 3 atom stereocenters. The van der Waals surface area contributed by atoms with Crippen molar-refractivity contribution < 1.29 is 107 Å². The number of fused-ring (bicyclic) bond motifs is 4. The third kappa shape index (κ3) is 22.0. The Morgan fingerprint density at radius 2 is 0.869 bits per heavy atom. The van der Waals surface area contributed by atoms with Crippen molar-refractivity contribution in [1.29, 1.82) is 0 Å². The van der Waals surface area contributed by atoms with Gasteiger partial charge in [-0.1, -0.05) is 103 Å². The third-order valence-electron chi connectivity index (χ3n) is 27.8. The summed E-state index contributed by atoms with van der Waals surface area (Å²) in [5.41, 5.74) is 9.51. The summed E-state index contributed by atoms with van der Waals surface area (Å²) in [4.78, 5) is 74.2. The number of hydrogen-bond donors (Lipinski definition) is 8. The first-order chi connectivity index (χ1) is 69.2. The van der Waals surface area contributed by atoms with Gasteiger partial charge in [0.05, 0.1) is 70.5 Å². The van der Waals surface area contributed by atoms with Crippen LogP contribution in [0.1, 0.15) is 124 Å². The summed E-state index contributed by atoms with van der Waals surface area (Å²) in [6.45, 7) is 6.94. The Hall–Kier alpha value is -13.8.